The first-order valence-corrected chi connectivity index (χ1v) is 7.81. The van der Waals surface area contributed by atoms with Gasteiger partial charge in [0, 0.05) is 5.56 Å². The van der Waals surface area contributed by atoms with E-state index < -0.39 is 0 Å². The summed E-state index contributed by atoms with van der Waals surface area (Å²) in [5.41, 5.74) is 3.34. The zero-order valence-electron chi connectivity index (χ0n) is 13.5. The van der Waals surface area contributed by atoms with Crippen LogP contribution in [0, 0.1) is 13.8 Å². The van der Waals surface area contributed by atoms with Crippen LogP contribution < -0.4 is 10.1 Å². The van der Waals surface area contributed by atoms with Crippen molar-refractivity contribution >= 4 is 17.4 Å². The highest BCUT2D eigenvalue weighted by atomic mass is 35.5. The highest BCUT2D eigenvalue weighted by Gasteiger charge is 2.06. The lowest BCUT2D eigenvalue weighted by Crippen LogP contribution is -2.14. The summed E-state index contributed by atoms with van der Waals surface area (Å²) in [6.07, 6.45) is 1.45. The van der Waals surface area contributed by atoms with Crippen molar-refractivity contribution < 1.29 is 4.74 Å². The summed E-state index contributed by atoms with van der Waals surface area (Å²) in [4.78, 5) is 8.10. The average Bonchev–Trinajstić information content (AvgIpc) is 2.48. The summed E-state index contributed by atoms with van der Waals surface area (Å²) in [7, 11) is 0. The van der Waals surface area contributed by atoms with E-state index in [1.165, 1.54) is 11.9 Å². The largest absolute Gasteiger partial charge is 0.491 e. The molecule has 0 saturated carbocycles. The predicted molar refractivity (Wildman–Crippen MR) is 91.0 cm³/mol. The van der Waals surface area contributed by atoms with E-state index in [0.29, 0.717) is 24.2 Å². The van der Waals surface area contributed by atoms with Crippen molar-refractivity contribution in [3.8, 4) is 5.75 Å². The minimum atomic E-state index is 0.471. The van der Waals surface area contributed by atoms with Crippen molar-refractivity contribution in [2.45, 2.75) is 33.6 Å². The third kappa shape index (κ3) is 4.10. The molecule has 0 fully saturated rings. The zero-order valence-corrected chi connectivity index (χ0v) is 14.2. The van der Waals surface area contributed by atoms with Crippen molar-refractivity contribution in [3.63, 3.8) is 0 Å². The number of nitrogens with zero attached hydrogens (tertiary/aromatic N) is 2. The summed E-state index contributed by atoms with van der Waals surface area (Å²) in [5, 5.41) is 3.68. The first kappa shape index (κ1) is 16.6. The minimum Gasteiger partial charge on any atom is -0.491 e. The van der Waals surface area contributed by atoms with Gasteiger partial charge in [0.1, 0.15) is 29.7 Å². The molecule has 2 rings (SSSR count). The summed E-state index contributed by atoms with van der Waals surface area (Å²) >= 11 is 5.96. The number of anilines is 1. The molecule has 0 radical (unpaired) electrons. The van der Waals surface area contributed by atoms with Crippen LogP contribution in [0.15, 0.2) is 24.5 Å². The van der Waals surface area contributed by atoms with E-state index in [2.05, 4.69) is 48.2 Å². The molecule has 1 heterocycles. The lowest BCUT2D eigenvalue weighted by atomic mass is 10.0. The molecule has 0 saturated heterocycles. The van der Waals surface area contributed by atoms with Gasteiger partial charge >= 0.3 is 0 Å². The Morgan fingerprint density at radius 2 is 2.00 bits per heavy atom. The molecule has 22 heavy (non-hydrogen) atoms. The number of rotatable bonds is 6. The van der Waals surface area contributed by atoms with E-state index >= 15 is 0 Å². The van der Waals surface area contributed by atoms with Crippen LogP contribution in [-0.4, -0.2) is 23.1 Å². The molecule has 0 bridgehead atoms. The van der Waals surface area contributed by atoms with E-state index in [0.717, 1.165) is 22.7 Å². The Morgan fingerprint density at radius 1 is 1.23 bits per heavy atom. The van der Waals surface area contributed by atoms with Crippen molar-refractivity contribution in [1.82, 2.24) is 9.97 Å². The van der Waals surface area contributed by atoms with Crippen molar-refractivity contribution in [2.75, 3.05) is 18.5 Å². The van der Waals surface area contributed by atoms with Gasteiger partial charge in [-0.2, -0.15) is 0 Å². The Kier molecular flexibility index (Phi) is 5.61. The van der Waals surface area contributed by atoms with Gasteiger partial charge in [-0.15, -0.1) is 0 Å². The predicted octanol–water partition coefficient (Wildman–Crippen LogP) is 4.36. The molecule has 4 nitrogen and oxygen atoms in total. The molecule has 1 aromatic carbocycles. The Hall–Kier alpha value is -1.81. The number of hydrogen-bond donors (Lipinski definition) is 1. The normalized spacial score (nSPS) is 10.8. The monoisotopic (exact) mass is 319 g/mol. The quantitative estimate of drug-likeness (QED) is 0.634. The van der Waals surface area contributed by atoms with Crippen LogP contribution in [0.3, 0.4) is 0 Å². The molecule has 5 heteroatoms. The van der Waals surface area contributed by atoms with Gasteiger partial charge in [-0.05, 0) is 37.0 Å². The number of hydrogen-bond acceptors (Lipinski definition) is 4. The number of ether oxygens (including phenoxy) is 1. The van der Waals surface area contributed by atoms with Gasteiger partial charge in [-0.25, -0.2) is 9.97 Å². The molecule has 1 aromatic heterocycles. The zero-order chi connectivity index (χ0) is 16.1. The summed E-state index contributed by atoms with van der Waals surface area (Å²) < 4.78 is 5.82. The van der Waals surface area contributed by atoms with Crippen LogP contribution in [0.5, 0.6) is 5.75 Å². The van der Waals surface area contributed by atoms with Crippen LogP contribution in [0.4, 0.5) is 5.82 Å². The average molecular weight is 320 g/mol. The Bertz CT molecular complexity index is 644. The topological polar surface area (TPSA) is 47.0 Å². The highest BCUT2D eigenvalue weighted by molar-refractivity contribution is 6.30. The van der Waals surface area contributed by atoms with Gasteiger partial charge in [-0.1, -0.05) is 37.6 Å². The molecule has 0 aliphatic heterocycles. The first-order valence-electron chi connectivity index (χ1n) is 7.43. The highest BCUT2D eigenvalue weighted by Crippen LogP contribution is 2.23. The smallest absolute Gasteiger partial charge is 0.137 e. The second kappa shape index (κ2) is 7.45. The standard InChI is InChI=1S/C17H22ClN3O/c1-11(2)14-5-6-15(12(3)9-14)22-8-7-19-17-13(4)16(18)20-10-21-17/h5-6,9-11H,7-8H2,1-4H3,(H,19,20,21). The fourth-order valence-corrected chi connectivity index (χ4v) is 2.26. The molecule has 118 valence electrons. The van der Waals surface area contributed by atoms with Gasteiger partial charge < -0.3 is 10.1 Å². The molecule has 0 aliphatic carbocycles. The minimum absolute atomic E-state index is 0.471. The third-order valence-corrected chi connectivity index (χ3v) is 3.92. The van der Waals surface area contributed by atoms with E-state index in [1.807, 2.05) is 13.0 Å². The summed E-state index contributed by atoms with van der Waals surface area (Å²) in [6, 6.07) is 6.34. The van der Waals surface area contributed by atoms with Crippen LogP contribution >= 0.6 is 11.6 Å². The van der Waals surface area contributed by atoms with Crippen LogP contribution in [0.1, 0.15) is 36.5 Å². The van der Waals surface area contributed by atoms with Crippen LogP contribution in [0.25, 0.3) is 0 Å². The van der Waals surface area contributed by atoms with Crippen molar-refractivity contribution in [1.29, 1.82) is 0 Å². The molecule has 0 spiro atoms. The summed E-state index contributed by atoms with van der Waals surface area (Å²) in [5.74, 6) is 2.19. The number of halogens is 1. The van der Waals surface area contributed by atoms with E-state index in [1.54, 1.807) is 0 Å². The van der Waals surface area contributed by atoms with Gasteiger partial charge in [-0.3, -0.25) is 0 Å². The van der Waals surface area contributed by atoms with Crippen molar-refractivity contribution in [2.24, 2.45) is 0 Å². The summed E-state index contributed by atoms with van der Waals surface area (Å²) in [6.45, 7) is 9.55. The number of benzene rings is 1. The number of aromatic nitrogens is 2. The van der Waals surface area contributed by atoms with Gasteiger partial charge in [0.05, 0.1) is 6.54 Å². The molecule has 0 unspecified atom stereocenters. The van der Waals surface area contributed by atoms with E-state index in [-0.39, 0.29) is 0 Å². The lowest BCUT2D eigenvalue weighted by molar-refractivity contribution is 0.330. The molecule has 0 atom stereocenters. The lowest BCUT2D eigenvalue weighted by Gasteiger charge is -2.13. The molecule has 2 aromatic rings. The first-order chi connectivity index (χ1) is 10.5. The molecular weight excluding hydrogens is 298 g/mol. The van der Waals surface area contributed by atoms with Crippen LogP contribution in [-0.2, 0) is 0 Å². The second-order valence-electron chi connectivity index (χ2n) is 5.59. The molecule has 0 aliphatic rings. The maximum absolute atomic E-state index is 5.96. The fourth-order valence-electron chi connectivity index (χ4n) is 2.13. The van der Waals surface area contributed by atoms with Gasteiger partial charge in [0.2, 0.25) is 0 Å². The fraction of sp³-hybridized carbons (Fsp3) is 0.412. The SMILES string of the molecule is Cc1cc(C(C)C)ccc1OCCNc1ncnc(Cl)c1C. The number of aryl methyl sites for hydroxylation is 1. The van der Waals surface area contributed by atoms with Gasteiger partial charge in [0.15, 0.2) is 0 Å². The van der Waals surface area contributed by atoms with Crippen LogP contribution in [0.2, 0.25) is 5.15 Å². The maximum Gasteiger partial charge on any atom is 0.137 e. The van der Waals surface area contributed by atoms with E-state index in [4.69, 9.17) is 16.3 Å². The maximum atomic E-state index is 5.96. The number of nitrogens with one attached hydrogen (secondary N) is 1. The van der Waals surface area contributed by atoms with Gasteiger partial charge in [0.25, 0.3) is 0 Å². The molecular formula is C17H22ClN3O. The van der Waals surface area contributed by atoms with Crippen molar-refractivity contribution in [3.05, 3.63) is 46.4 Å². The Labute approximate surface area is 136 Å². The Balaban J connectivity index is 1.88. The Morgan fingerprint density at radius 3 is 2.68 bits per heavy atom. The van der Waals surface area contributed by atoms with E-state index in [9.17, 15) is 0 Å². The molecule has 1 N–H and O–H groups in total. The third-order valence-electron chi connectivity index (χ3n) is 3.54. The molecule has 0 amide bonds. The second-order valence-corrected chi connectivity index (χ2v) is 5.95.